The normalized spacial score (nSPS) is 10.1. The van der Waals surface area contributed by atoms with Gasteiger partial charge in [-0.05, 0) is 23.8 Å². The Hall–Kier alpha value is -2.49. The van der Waals surface area contributed by atoms with Gasteiger partial charge in [0.05, 0.1) is 20.1 Å². The van der Waals surface area contributed by atoms with Crippen molar-refractivity contribution in [1.29, 1.82) is 0 Å². The molecule has 0 heterocycles. The molecule has 0 atom stereocenters. The molecule has 0 aliphatic carbocycles. The van der Waals surface area contributed by atoms with Gasteiger partial charge in [-0.3, -0.25) is 4.79 Å². The van der Waals surface area contributed by atoms with E-state index in [-0.39, 0.29) is 13.0 Å². The van der Waals surface area contributed by atoms with E-state index in [4.69, 9.17) is 14.6 Å². The fraction of sp³-hybridized carbons (Fsp3) is 0.188. The summed E-state index contributed by atoms with van der Waals surface area (Å²) in [5.74, 6) is 0.604. The predicted octanol–water partition coefficient (Wildman–Crippen LogP) is 3.22. The van der Waals surface area contributed by atoms with Gasteiger partial charge in [0.15, 0.2) is 0 Å². The number of hydrogen-bond acceptors (Lipinski definition) is 3. The molecule has 0 spiro atoms. The number of carboxylic acids is 1. The molecule has 0 saturated carbocycles. The number of ether oxygens (including phenoxy) is 2. The lowest BCUT2D eigenvalue weighted by atomic mass is 10.0. The highest BCUT2D eigenvalue weighted by Crippen LogP contribution is 2.30. The van der Waals surface area contributed by atoms with Crippen molar-refractivity contribution in [2.75, 3.05) is 13.7 Å². The maximum atomic E-state index is 10.4. The first kappa shape index (κ1) is 13.9. The number of carboxylic acid groups (broad SMARTS) is 1. The molecular formula is C16H16O4. The highest BCUT2D eigenvalue weighted by atomic mass is 16.5. The second-order valence-electron chi connectivity index (χ2n) is 4.22. The molecule has 4 nitrogen and oxygen atoms in total. The van der Waals surface area contributed by atoms with E-state index in [0.29, 0.717) is 5.75 Å². The number of aliphatic carboxylic acids is 1. The van der Waals surface area contributed by atoms with Gasteiger partial charge in [0.25, 0.3) is 0 Å². The molecule has 2 rings (SSSR count). The standard InChI is InChI=1S/C16H16O4/c1-19-15-5-3-2-4-14(15)12-6-8-13(9-7-12)20-11-10-16(17)18/h2-9H,10-11H2,1H3,(H,17,18). The number of benzene rings is 2. The van der Waals surface area contributed by atoms with Crippen molar-refractivity contribution >= 4 is 5.97 Å². The molecule has 0 amide bonds. The van der Waals surface area contributed by atoms with Gasteiger partial charge in [0.2, 0.25) is 0 Å². The van der Waals surface area contributed by atoms with Crippen LogP contribution in [0.3, 0.4) is 0 Å². The molecule has 0 saturated heterocycles. The first-order chi connectivity index (χ1) is 9.70. The first-order valence-electron chi connectivity index (χ1n) is 6.29. The van der Waals surface area contributed by atoms with Crippen molar-refractivity contribution in [2.45, 2.75) is 6.42 Å². The molecule has 0 aliphatic rings. The average Bonchev–Trinajstić information content (AvgIpc) is 2.47. The predicted molar refractivity (Wildman–Crippen MR) is 76.2 cm³/mol. The zero-order chi connectivity index (χ0) is 14.4. The lowest BCUT2D eigenvalue weighted by Gasteiger charge is -2.09. The summed E-state index contributed by atoms with van der Waals surface area (Å²) < 4.78 is 10.7. The molecule has 2 aromatic rings. The summed E-state index contributed by atoms with van der Waals surface area (Å²) >= 11 is 0. The molecule has 0 bridgehead atoms. The van der Waals surface area contributed by atoms with Crippen LogP contribution < -0.4 is 9.47 Å². The zero-order valence-corrected chi connectivity index (χ0v) is 11.2. The zero-order valence-electron chi connectivity index (χ0n) is 11.2. The summed E-state index contributed by atoms with van der Waals surface area (Å²) in [6, 6.07) is 15.3. The van der Waals surface area contributed by atoms with Crippen LogP contribution in [0.15, 0.2) is 48.5 Å². The number of rotatable bonds is 6. The van der Waals surface area contributed by atoms with Gasteiger partial charge >= 0.3 is 5.97 Å². The molecule has 1 N–H and O–H groups in total. The van der Waals surface area contributed by atoms with Gasteiger partial charge in [-0.1, -0.05) is 30.3 Å². The van der Waals surface area contributed by atoms with Gasteiger partial charge in [-0.15, -0.1) is 0 Å². The molecule has 0 radical (unpaired) electrons. The van der Waals surface area contributed by atoms with Crippen LogP contribution in [0, 0.1) is 0 Å². The van der Waals surface area contributed by atoms with Crippen LogP contribution >= 0.6 is 0 Å². The van der Waals surface area contributed by atoms with Crippen LogP contribution in [0.2, 0.25) is 0 Å². The maximum absolute atomic E-state index is 10.4. The second-order valence-corrected chi connectivity index (χ2v) is 4.22. The summed E-state index contributed by atoms with van der Waals surface area (Å²) in [5, 5.41) is 8.55. The van der Waals surface area contributed by atoms with Gasteiger partial charge in [-0.2, -0.15) is 0 Å². The molecule has 0 aromatic heterocycles. The Morgan fingerprint density at radius 3 is 2.45 bits per heavy atom. The van der Waals surface area contributed by atoms with Crippen LogP contribution in [0.4, 0.5) is 0 Å². The van der Waals surface area contributed by atoms with E-state index in [9.17, 15) is 4.79 Å². The van der Waals surface area contributed by atoms with Crippen molar-refractivity contribution in [3.8, 4) is 22.6 Å². The van der Waals surface area contributed by atoms with Gasteiger partial charge in [0, 0.05) is 5.56 Å². The van der Waals surface area contributed by atoms with Crippen molar-refractivity contribution in [3.63, 3.8) is 0 Å². The number of para-hydroxylation sites is 1. The minimum absolute atomic E-state index is 0.00569. The van der Waals surface area contributed by atoms with E-state index in [1.807, 2.05) is 48.5 Å². The number of methoxy groups -OCH3 is 1. The second kappa shape index (κ2) is 6.61. The molecule has 104 valence electrons. The van der Waals surface area contributed by atoms with Gasteiger partial charge < -0.3 is 14.6 Å². The van der Waals surface area contributed by atoms with Crippen molar-refractivity contribution in [3.05, 3.63) is 48.5 Å². The van der Waals surface area contributed by atoms with Crippen molar-refractivity contribution in [2.24, 2.45) is 0 Å². The largest absolute Gasteiger partial charge is 0.496 e. The summed E-state index contributed by atoms with van der Waals surface area (Å²) in [7, 11) is 1.64. The van der Waals surface area contributed by atoms with Crippen LogP contribution in [0.25, 0.3) is 11.1 Å². The van der Waals surface area contributed by atoms with E-state index in [0.717, 1.165) is 16.9 Å². The lowest BCUT2D eigenvalue weighted by molar-refractivity contribution is -0.137. The van der Waals surface area contributed by atoms with Crippen LogP contribution in [0.5, 0.6) is 11.5 Å². The molecule has 2 aromatic carbocycles. The molecular weight excluding hydrogens is 256 g/mol. The summed E-state index contributed by atoms with van der Waals surface area (Å²) in [4.78, 5) is 10.4. The Balaban J connectivity index is 2.09. The van der Waals surface area contributed by atoms with Crippen molar-refractivity contribution < 1.29 is 19.4 Å². The van der Waals surface area contributed by atoms with Crippen LogP contribution in [0.1, 0.15) is 6.42 Å². The van der Waals surface area contributed by atoms with E-state index >= 15 is 0 Å². The average molecular weight is 272 g/mol. The SMILES string of the molecule is COc1ccccc1-c1ccc(OCCC(=O)O)cc1. The number of carbonyl (C=O) groups is 1. The highest BCUT2D eigenvalue weighted by molar-refractivity contribution is 5.70. The Morgan fingerprint density at radius 1 is 1.10 bits per heavy atom. The minimum Gasteiger partial charge on any atom is -0.496 e. The van der Waals surface area contributed by atoms with E-state index < -0.39 is 5.97 Å². The first-order valence-corrected chi connectivity index (χ1v) is 6.29. The fourth-order valence-electron chi connectivity index (χ4n) is 1.87. The minimum atomic E-state index is -0.865. The quantitative estimate of drug-likeness (QED) is 0.877. The van der Waals surface area contributed by atoms with Gasteiger partial charge in [-0.25, -0.2) is 0 Å². The topological polar surface area (TPSA) is 55.8 Å². The summed E-state index contributed by atoms with van der Waals surface area (Å²) in [5.41, 5.74) is 2.03. The Morgan fingerprint density at radius 2 is 1.80 bits per heavy atom. The maximum Gasteiger partial charge on any atom is 0.306 e. The Labute approximate surface area is 117 Å². The fourth-order valence-corrected chi connectivity index (χ4v) is 1.87. The van der Waals surface area contributed by atoms with Crippen molar-refractivity contribution in [1.82, 2.24) is 0 Å². The van der Waals surface area contributed by atoms with Crippen LogP contribution in [-0.2, 0) is 4.79 Å². The molecule has 0 unspecified atom stereocenters. The summed E-state index contributed by atoms with van der Waals surface area (Å²) in [6.07, 6.45) is -0.00569. The highest BCUT2D eigenvalue weighted by Gasteiger charge is 2.05. The van der Waals surface area contributed by atoms with E-state index in [2.05, 4.69) is 0 Å². The molecule has 20 heavy (non-hydrogen) atoms. The Bertz CT molecular complexity index is 575. The molecule has 0 aliphatic heterocycles. The van der Waals surface area contributed by atoms with E-state index in [1.165, 1.54) is 0 Å². The monoisotopic (exact) mass is 272 g/mol. The molecule has 0 fully saturated rings. The smallest absolute Gasteiger partial charge is 0.306 e. The number of hydrogen-bond donors (Lipinski definition) is 1. The lowest BCUT2D eigenvalue weighted by Crippen LogP contribution is -2.04. The van der Waals surface area contributed by atoms with Gasteiger partial charge in [0.1, 0.15) is 11.5 Å². The molecule has 4 heteroatoms. The Kier molecular flexibility index (Phi) is 4.60. The third-order valence-corrected chi connectivity index (χ3v) is 2.86. The third kappa shape index (κ3) is 3.51. The van der Waals surface area contributed by atoms with E-state index in [1.54, 1.807) is 7.11 Å². The third-order valence-electron chi connectivity index (χ3n) is 2.86. The summed E-state index contributed by atoms with van der Waals surface area (Å²) in [6.45, 7) is 0.170. The van der Waals surface area contributed by atoms with Crippen LogP contribution in [-0.4, -0.2) is 24.8 Å².